The smallest absolute Gasteiger partial charge is 0.423 e. The fourth-order valence-corrected chi connectivity index (χ4v) is 6.12. The molecule has 0 aliphatic rings. The molecule has 0 radical (unpaired) electrons. The van der Waals surface area contributed by atoms with Gasteiger partial charge in [-0.15, -0.1) is 0 Å². The van der Waals surface area contributed by atoms with Crippen molar-refractivity contribution < 1.29 is 10.0 Å². The molecular formula is C44H32BCl2IO2. The third-order valence-corrected chi connectivity index (χ3v) is 9.46. The van der Waals surface area contributed by atoms with E-state index in [1.807, 2.05) is 72.8 Å². The molecule has 0 aliphatic carbocycles. The Morgan fingerprint density at radius 1 is 0.360 bits per heavy atom. The average molecular weight is 801 g/mol. The third-order valence-electron chi connectivity index (χ3n) is 8.24. The second-order valence-electron chi connectivity index (χ2n) is 11.6. The minimum Gasteiger partial charge on any atom is -0.423 e. The van der Waals surface area contributed by atoms with Gasteiger partial charge < -0.3 is 10.0 Å². The van der Waals surface area contributed by atoms with E-state index in [1.165, 1.54) is 47.4 Å². The van der Waals surface area contributed by atoms with Crippen molar-refractivity contribution in [3.05, 3.63) is 196 Å². The summed E-state index contributed by atoms with van der Waals surface area (Å²) in [6.45, 7) is 0. The zero-order valence-electron chi connectivity index (χ0n) is 26.9. The van der Waals surface area contributed by atoms with Gasteiger partial charge in [-0.25, -0.2) is 0 Å². The lowest BCUT2D eigenvalue weighted by molar-refractivity contribution is 0.426. The molecule has 2 N–H and O–H groups in total. The summed E-state index contributed by atoms with van der Waals surface area (Å²) in [5, 5.41) is 24.7. The van der Waals surface area contributed by atoms with Crippen LogP contribution in [-0.2, 0) is 0 Å². The summed E-state index contributed by atoms with van der Waals surface area (Å²) in [4.78, 5) is 0. The van der Waals surface area contributed by atoms with Crippen molar-refractivity contribution in [3.63, 3.8) is 0 Å². The van der Waals surface area contributed by atoms with E-state index in [2.05, 4.69) is 120 Å². The topological polar surface area (TPSA) is 40.5 Å². The quantitative estimate of drug-likeness (QED) is 0.137. The first kappa shape index (κ1) is 35.4. The first-order chi connectivity index (χ1) is 24.3. The molecule has 0 aromatic heterocycles. The maximum Gasteiger partial charge on any atom is 0.488 e. The highest BCUT2D eigenvalue weighted by molar-refractivity contribution is 14.1. The summed E-state index contributed by atoms with van der Waals surface area (Å²) in [5.41, 5.74) is 7.54. The Labute approximate surface area is 316 Å². The maximum atomic E-state index is 9.08. The standard InChI is InChI=1S/C22H15Cl.C16H13BO2.C6H4ClI/c23-22-13-11-18(12-14-22)17-5-7-19(8-6-17)21-10-9-16-3-1-2-4-20(16)15-21;18-17(19)16-9-7-13(8-10-16)15-6-5-12-3-1-2-4-14(12)11-15;7-5-1-3-6(8)4-2-5/h1-15H;1-11,18-19H;1-4H. The molecule has 0 heterocycles. The Morgan fingerprint density at radius 2 is 0.680 bits per heavy atom. The summed E-state index contributed by atoms with van der Waals surface area (Å²) < 4.78 is 1.21. The van der Waals surface area contributed by atoms with Gasteiger partial charge >= 0.3 is 7.12 Å². The van der Waals surface area contributed by atoms with Gasteiger partial charge in [0.05, 0.1) is 0 Å². The van der Waals surface area contributed by atoms with Gasteiger partial charge in [-0.1, -0.05) is 157 Å². The number of benzene rings is 8. The molecule has 0 saturated heterocycles. The highest BCUT2D eigenvalue weighted by atomic mass is 127. The Kier molecular flexibility index (Phi) is 12.0. The van der Waals surface area contributed by atoms with Gasteiger partial charge in [0.2, 0.25) is 0 Å². The van der Waals surface area contributed by atoms with Gasteiger partial charge in [-0.05, 0) is 132 Å². The van der Waals surface area contributed by atoms with Crippen molar-refractivity contribution in [2.24, 2.45) is 0 Å². The molecule has 0 unspecified atom stereocenters. The summed E-state index contributed by atoms with van der Waals surface area (Å²) >= 11 is 13.8. The van der Waals surface area contributed by atoms with Gasteiger partial charge in [-0.2, -0.15) is 0 Å². The molecule has 8 aromatic carbocycles. The van der Waals surface area contributed by atoms with Gasteiger partial charge in [0, 0.05) is 13.6 Å². The fourth-order valence-electron chi connectivity index (χ4n) is 5.51. The van der Waals surface area contributed by atoms with E-state index in [-0.39, 0.29) is 0 Å². The van der Waals surface area contributed by atoms with E-state index in [0.717, 1.165) is 21.2 Å². The zero-order valence-corrected chi connectivity index (χ0v) is 30.6. The Bertz CT molecular complexity index is 2290. The number of hydrogen-bond acceptors (Lipinski definition) is 2. The van der Waals surface area contributed by atoms with Gasteiger partial charge in [0.25, 0.3) is 0 Å². The molecule has 244 valence electrons. The number of halogens is 3. The molecule has 0 amide bonds. The largest absolute Gasteiger partial charge is 0.488 e. The lowest BCUT2D eigenvalue weighted by Crippen LogP contribution is -2.29. The van der Waals surface area contributed by atoms with E-state index in [1.54, 1.807) is 12.1 Å². The highest BCUT2D eigenvalue weighted by Crippen LogP contribution is 2.28. The van der Waals surface area contributed by atoms with Crippen molar-refractivity contribution in [1.29, 1.82) is 0 Å². The van der Waals surface area contributed by atoms with Crippen LogP contribution in [0.4, 0.5) is 0 Å². The van der Waals surface area contributed by atoms with Crippen LogP contribution in [0.1, 0.15) is 0 Å². The first-order valence-electron chi connectivity index (χ1n) is 16.0. The van der Waals surface area contributed by atoms with Crippen LogP contribution in [0.25, 0.3) is 54.9 Å². The Hall–Kier alpha value is -4.43. The minimum absolute atomic E-state index is 0.504. The van der Waals surface area contributed by atoms with Crippen molar-refractivity contribution in [1.82, 2.24) is 0 Å². The SMILES string of the molecule is Clc1ccc(-c2ccc(-c3ccc4ccccc4c3)cc2)cc1.Clc1ccc(I)cc1.OB(O)c1ccc(-c2ccc3ccccc3c2)cc1. The van der Waals surface area contributed by atoms with Crippen LogP contribution in [0.15, 0.2) is 182 Å². The monoisotopic (exact) mass is 800 g/mol. The van der Waals surface area contributed by atoms with E-state index >= 15 is 0 Å². The lowest BCUT2D eigenvalue weighted by atomic mass is 9.80. The second-order valence-corrected chi connectivity index (χ2v) is 13.8. The molecule has 0 spiro atoms. The van der Waals surface area contributed by atoms with Crippen molar-refractivity contribution in [3.8, 4) is 33.4 Å². The molecule has 6 heteroatoms. The summed E-state index contributed by atoms with van der Waals surface area (Å²) in [6, 6.07) is 61.2. The molecule has 2 nitrogen and oxygen atoms in total. The van der Waals surface area contributed by atoms with Crippen LogP contribution in [0, 0.1) is 3.57 Å². The van der Waals surface area contributed by atoms with Gasteiger partial charge in [0.1, 0.15) is 0 Å². The molecule has 8 rings (SSSR count). The predicted octanol–water partition coefficient (Wildman–Crippen LogP) is 12.0. The van der Waals surface area contributed by atoms with Crippen LogP contribution >= 0.6 is 45.8 Å². The van der Waals surface area contributed by atoms with Gasteiger partial charge in [0.15, 0.2) is 0 Å². The van der Waals surface area contributed by atoms with Crippen molar-refractivity contribution in [2.45, 2.75) is 0 Å². The molecular weight excluding hydrogens is 769 g/mol. The van der Waals surface area contributed by atoms with Crippen LogP contribution in [0.2, 0.25) is 10.0 Å². The van der Waals surface area contributed by atoms with E-state index < -0.39 is 7.12 Å². The second kappa shape index (κ2) is 17.0. The van der Waals surface area contributed by atoms with Crippen molar-refractivity contribution in [2.75, 3.05) is 0 Å². The number of fused-ring (bicyclic) bond motifs is 2. The molecule has 0 bridgehead atoms. The number of hydrogen-bond donors (Lipinski definition) is 2. The molecule has 0 saturated carbocycles. The highest BCUT2D eigenvalue weighted by Gasteiger charge is 2.10. The van der Waals surface area contributed by atoms with Crippen LogP contribution in [-0.4, -0.2) is 17.2 Å². The number of rotatable bonds is 4. The molecule has 0 atom stereocenters. The molecule has 8 aromatic rings. The minimum atomic E-state index is -1.41. The van der Waals surface area contributed by atoms with Crippen LogP contribution in [0.5, 0.6) is 0 Å². The zero-order chi connectivity index (χ0) is 34.9. The normalized spacial score (nSPS) is 10.5. The molecule has 0 fully saturated rings. The molecule has 50 heavy (non-hydrogen) atoms. The predicted molar refractivity (Wildman–Crippen MR) is 223 cm³/mol. The van der Waals surface area contributed by atoms with Crippen molar-refractivity contribution >= 4 is 79.9 Å². The fraction of sp³-hybridized carbons (Fsp3) is 0. The lowest BCUT2D eigenvalue weighted by Gasteiger charge is -2.07. The maximum absolute atomic E-state index is 9.08. The first-order valence-corrected chi connectivity index (χ1v) is 17.9. The van der Waals surface area contributed by atoms with E-state index in [9.17, 15) is 0 Å². The summed E-state index contributed by atoms with van der Waals surface area (Å²) in [7, 11) is -1.41. The average Bonchev–Trinajstić information content (AvgIpc) is 3.16. The van der Waals surface area contributed by atoms with E-state index in [4.69, 9.17) is 33.2 Å². The van der Waals surface area contributed by atoms with E-state index in [0.29, 0.717) is 5.46 Å². The molecule has 0 aliphatic heterocycles. The third kappa shape index (κ3) is 9.42. The van der Waals surface area contributed by atoms with Crippen LogP contribution < -0.4 is 5.46 Å². The summed E-state index contributed by atoms with van der Waals surface area (Å²) in [6.07, 6.45) is 0. The Morgan fingerprint density at radius 3 is 1.08 bits per heavy atom. The van der Waals surface area contributed by atoms with Gasteiger partial charge in [-0.3, -0.25) is 0 Å². The van der Waals surface area contributed by atoms with Crippen LogP contribution in [0.3, 0.4) is 0 Å². The Balaban J connectivity index is 0.000000144. The summed E-state index contributed by atoms with van der Waals surface area (Å²) in [5.74, 6) is 0.